The number of terminal acetylenes is 1. The zero-order chi connectivity index (χ0) is 9.56. The molecule has 3 N–H and O–H groups in total. The lowest BCUT2D eigenvalue weighted by Gasteiger charge is -2.12. The van der Waals surface area contributed by atoms with Gasteiger partial charge in [0.05, 0.1) is 12.1 Å². The van der Waals surface area contributed by atoms with E-state index in [0.29, 0.717) is 6.42 Å². The van der Waals surface area contributed by atoms with E-state index < -0.39 is 6.04 Å². The molecule has 0 aromatic heterocycles. The maximum atomic E-state index is 11.2. The van der Waals surface area contributed by atoms with Crippen LogP contribution in [0.2, 0.25) is 0 Å². The fourth-order valence-electron chi connectivity index (χ4n) is 0.804. The van der Waals surface area contributed by atoms with Gasteiger partial charge in [0.2, 0.25) is 5.91 Å². The van der Waals surface area contributed by atoms with E-state index >= 15 is 0 Å². The molecular weight excluding hydrogens is 152 g/mol. The van der Waals surface area contributed by atoms with Gasteiger partial charge in [-0.15, -0.1) is 6.42 Å². The molecule has 12 heavy (non-hydrogen) atoms. The molecule has 68 valence electrons. The number of nitrogens with two attached hydrogens (primary N) is 1. The Morgan fingerprint density at radius 3 is 2.75 bits per heavy atom. The van der Waals surface area contributed by atoms with Gasteiger partial charge in [-0.2, -0.15) is 0 Å². The van der Waals surface area contributed by atoms with E-state index in [0.717, 1.165) is 6.42 Å². The summed E-state index contributed by atoms with van der Waals surface area (Å²) in [5, 5.41) is 2.61. The van der Waals surface area contributed by atoms with Crippen molar-refractivity contribution in [2.24, 2.45) is 5.73 Å². The number of hydrogen-bond acceptors (Lipinski definition) is 2. The summed E-state index contributed by atoms with van der Waals surface area (Å²) in [6.45, 7) is 3.73. The van der Waals surface area contributed by atoms with E-state index in [9.17, 15) is 4.79 Å². The Bertz CT molecular complexity index is 183. The molecule has 0 fully saturated rings. The minimum atomic E-state index is -0.425. The van der Waals surface area contributed by atoms with E-state index in [-0.39, 0.29) is 11.9 Å². The molecule has 0 aliphatic rings. The SMILES string of the molecule is C#CC(C)NC(=O)[C@H](N)CCC. The molecule has 0 spiro atoms. The number of hydrogen-bond donors (Lipinski definition) is 2. The molecule has 0 heterocycles. The second-order valence-corrected chi connectivity index (χ2v) is 2.79. The van der Waals surface area contributed by atoms with Gasteiger partial charge in [-0.05, 0) is 13.3 Å². The predicted octanol–water partition coefficient (Wildman–Crippen LogP) is 0.252. The summed E-state index contributed by atoms with van der Waals surface area (Å²) in [5.74, 6) is 2.24. The van der Waals surface area contributed by atoms with E-state index in [2.05, 4.69) is 11.2 Å². The minimum absolute atomic E-state index is 0.165. The molecule has 0 rings (SSSR count). The molecule has 0 aromatic carbocycles. The highest BCUT2D eigenvalue weighted by molar-refractivity contribution is 5.81. The molecule has 0 radical (unpaired) electrons. The molecule has 0 aliphatic heterocycles. The molecule has 0 aliphatic carbocycles. The zero-order valence-corrected chi connectivity index (χ0v) is 7.63. The lowest BCUT2D eigenvalue weighted by molar-refractivity contribution is -0.122. The van der Waals surface area contributed by atoms with Crippen molar-refractivity contribution in [3.8, 4) is 12.3 Å². The number of rotatable bonds is 4. The van der Waals surface area contributed by atoms with Crippen LogP contribution >= 0.6 is 0 Å². The third-order valence-corrected chi connectivity index (χ3v) is 1.55. The molecule has 0 saturated carbocycles. The van der Waals surface area contributed by atoms with Gasteiger partial charge in [-0.25, -0.2) is 0 Å². The van der Waals surface area contributed by atoms with E-state index in [1.807, 2.05) is 6.92 Å². The summed E-state index contributed by atoms with van der Waals surface area (Å²) in [6, 6.07) is -0.661. The maximum absolute atomic E-state index is 11.2. The van der Waals surface area contributed by atoms with Crippen molar-refractivity contribution < 1.29 is 4.79 Å². The van der Waals surface area contributed by atoms with Crippen molar-refractivity contribution in [2.45, 2.75) is 38.8 Å². The van der Waals surface area contributed by atoms with Gasteiger partial charge in [0, 0.05) is 0 Å². The second kappa shape index (κ2) is 5.62. The van der Waals surface area contributed by atoms with Gasteiger partial charge in [0.25, 0.3) is 0 Å². The second-order valence-electron chi connectivity index (χ2n) is 2.79. The van der Waals surface area contributed by atoms with Gasteiger partial charge in [0.15, 0.2) is 0 Å². The number of nitrogens with one attached hydrogen (secondary N) is 1. The highest BCUT2D eigenvalue weighted by Crippen LogP contribution is 1.93. The number of carbonyl (C=O) groups excluding carboxylic acids is 1. The first-order chi connectivity index (χ1) is 5.61. The van der Waals surface area contributed by atoms with Crippen LogP contribution in [0.3, 0.4) is 0 Å². The van der Waals surface area contributed by atoms with Crippen molar-refractivity contribution in [3.63, 3.8) is 0 Å². The first-order valence-electron chi connectivity index (χ1n) is 4.13. The smallest absolute Gasteiger partial charge is 0.237 e. The van der Waals surface area contributed by atoms with Crippen LogP contribution in [0.15, 0.2) is 0 Å². The Balaban J connectivity index is 3.80. The van der Waals surface area contributed by atoms with Crippen LogP contribution in [0.5, 0.6) is 0 Å². The van der Waals surface area contributed by atoms with Crippen LogP contribution < -0.4 is 11.1 Å². The minimum Gasteiger partial charge on any atom is -0.341 e. The fraction of sp³-hybridized carbons (Fsp3) is 0.667. The summed E-state index contributed by atoms with van der Waals surface area (Å²) in [4.78, 5) is 11.2. The third-order valence-electron chi connectivity index (χ3n) is 1.55. The molecule has 2 atom stereocenters. The highest BCUT2D eigenvalue weighted by atomic mass is 16.2. The molecule has 0 saturated heterocycles. The highest BCUT2D eigenvalue weighted by Gasteiger charge is 2.12. The van der Waals surface area contributed by atoms with Gasteiger partial charge in [-0.3, -0.25) is 4.79 Å². The Kier molecular flexibility index (Phi) is 5.14. The van der Waals surface area contributed by atoms with E-state index in [1.54, 1.807) is 6.92 Å². The lowest BCUT2D eigenvalue weighted by atomic mass is 10.1. The topological polar surface area (TPSA) is 55.1 Å². The zero-order valence-electron chi connectivity index (χ0n) is 7.63. The van der Waals surface area contributed by atoms with Crippen molar-refractivity contribution in [2.75, 3.05) is 0 Å². The normalized spacial score (nSPS) is 14.5. The summed E-state index contributed by atoms with van der Waals surface area (Å²) in [7, 11) is 0. The van der Waals surface area contributed by atoms with E-state index in [1.165, 1.54) is 0 Å². The average Bonchev–Trinajstić information content (AvgIpc) is 2.04. The van der Waals surface area contributed by atoms with Crippen molar-refractivity contribution in [1.82, 2.24) is 5.32 Å². The molecular formula is C9H16N2O. The largest absolute Gasteiger partial charge is 0.341 e. The standard InChI is InChI=1S/C9H16N2O/c1-4-6-8(10)9(12)11-7(3)5-2/h2,7-8H,4,6,10H2,1,3H3,(H,11,12)/t7?,8-/m1/s1. The Labute approximate surface area is 73.7 Å². The summed E-state index contributed by atoms with van der Waals surface area (Å²) >= 11 is 0. The Morgan fingerprint density at radius 1 is 1.75 bits per heavy atom. The monoisotopic (exact) mass is 168 g/mol. The van der Waals surface area contributed by atoms with Crippen LogP contribution in [0.1, 0.15) is 26.7 Å². The third kappa shape index (κ3) is 3.99. The average molecular weight is 168 g/mol. The number of carbonyl (C=O) groups is 1. The van der Waals surface area contributed by atoms with Crippen molar-refractivity contribution >= 4 is 5.91 Å². The molecule has 0 bridgehead atoms. The van der Waals surface area contributed by atoms with Gasteiger partial charge in [0.1, 0.15) is 0 Å². The Morgan fingerprint density at radius 2 is 2.33 bits per heavy atom. The quantitative estimate of drug-likeness (QED) is 0.591. The van der Waals surface area contributed by atoms with Crippen molar-refractivity contribution in [3.05, 3.63) is 0 Å². The molecule has 3 heteroatoms. The molecule has 0 aromatic rings. The Hall–Kier alpha value is -1.01. The van der Waals surface area contributed by atoms with Crippen LogP contribution in [-0.4, -0.2) is 18.0 Å². The first kappa shape index (κ1) is 11.0. The van der Waals surface area contributed by atoms with Crippen molar-refractivity contribution in [1.29, 1.82) is 0 Å². The van der Waals surface area contributed by atoms with Crippen LogP contribution in [0, 0.1) is 12.3 Å². The van der Waals surface area contributed by atoms with Crippen LogP contribution in [-0.2, 0) is 4.79 Å². The predicted molar refractivity (Wildman–Crippen MR) is 49.3 cm³/mol. The number of amides is 1. The lowest BCUT2D eigenvalue weighted by Crippen LogP contribution is -2.43. The molecule has 3 nitrogen and oxygen atoms in total. The summed E-state index contributed by atoms with van der Waals surface area (Å²) < 4.78 is 0. The first-order valence-corrected chi connectivity index (χ1v) is 4.13. The maximum Gasteiger partial charge on any atom is 0.237 e. The van der Waals surface area contributed by atoms with Crippen LogP contribution in [0.4, 0.5) is 0 Å². The molecule has 1 amide bonds. The van der Waals surface area contributed by atoms with Gasteiger partial charge < -0.3 is 11.1 Å². The van der Waals surface area contributed by atoms with Gasteiger partial charge in [-0.1, -0.05) is 19.3 Å². The summed E-state index contributed by atoms with van der Waals surface area (Å²) in [6.07, 6.45) is 6.69. The fourth-order valence-corrected chi connectivity index (χ4v) is 0.804. The van der Waals surface area contributed by atoms with Gasteiger partial charge >= 0.3 is 0 Å². The van der Waals surface area contributed by atoms with Crippen LogP contribution in [0.25, 0.3) is 0 Å². The van der Waals surface area contributed by atoms with E-state index in [4.69, 9.17) is 12.2 Å². The molecule has 1 unspecified atom stereocenters. The summed E-state index contributed by atoms with van der Waals surface area (Å²) in [5.41, 5.74) is 5.55.